The molecular weight excluding hydrogens is 252 g/mol. The summed E-state index contributed by atoms with van der Waals surface area (Å²) in [6.45, 7) is 5.97. The Morgan fingerprint density at radius 2 is 1.75 bits per heavy atom. The number of primary amides is 1. The first kappa shape index (κ1) is 14.0. The second kappa shape index (κ2) is 5.28. The molecule has 0 aliphatic heterocycles. The molecular formula is C15H18N4O. The summed E-state index contributed by atoms with van der Waals surface area (Å²) in [5.74, 6) is 0.476. The number of amides is 1. The molecule has 2 rings (SSSR count). The van der Waals surface area contributed by atoms with E-state index in [4.69, 9.17) is 11.5 Å². The fraction of sp³-hybridized carbons (Fsp3) is 0.267. The van der Waals surface area contributed by atoms with Crippen LogP contribution < -0.4 is 11.5 Å². The highest BCUT2D eigenvalue weighted by atomic mass is 16.1. The number of aryl methyl sites for hydroxylation is 1. The Balaban J connectivity index is 2.46. The molecule has 5 heteroatoms. The lowest BCUT2D eigenvalue weighted by Crippen LogP contribution is -2.17. The number of nitrogen functional groups attached to an aromatic ring is 1. The maximum atomic E-state index is 11.3. The number of rotatable bonds is 3. The van der Waals surface area contributed by atoms with Gasteiger partial charge in [-0.05, 0) is 18.4 Å². The van der Waals surface area contributed by atoms with Crippen molar-refractivity contribution in [3.8, 4) is 11.4 Å². The van der Waals surface area contributed by atoms with Gasteiger partial charge in [0, 0.05) is 5.56 Å². The molecule has 0 bridgehead atoms. The fourth-order valence-electron chi connectivity index (χ4n) is 2.05. The highest BCUT2D eigenvalue weighted by Gasteiger charge is 2.14. The van der Waals surface area contributed by atoms with Crippen LogP contribution in [0.25, 0.3) is 11.4 Å². The van der Waals surface area contributed by atoms with E-state index in [1.54, 1.807) is 6.92 Å². The molecule has 1 aromatic carbocycles. The predicted octanol–water partition coefficient (Wildman–Crippen LogP) is 2.26. The van der Waals surface area contributed by atoms with Crippen molar-refractivity contribution >= 4 is 11.7 Å². The standard InChI is InChI=1S/C15H18N4O/c1-8(2)10-4-6-11(7-5-10)15-18-9(3)12(14(17)20)13(16)19-15/h4-8H,1-3H3,(H2,17,20)(H2,16,18,19). The summed E-state index contributed by atoms with van der Waals surface area (Å²) in [6.07, 6.45) is 0. The van der Waals surface area contributed by atoms with Crippen molar-refractivity contribution in [1.82, 2.24) is 9.97 Å². The number of nitrogens with zero attached hydrogens (tertiary/aromatic N) is 2. The molecule has 0 atom stereocenters. The van der Waals surface area contributed by atoms with Crippen molar-refractivity contribution in [1.29, 1.82) is 0 Å². The largest absolute Gasteiger partial charge is 0.383 e. The molecule has 5 nitrogen and oxygen atoms in total. The molecule has 0 saturated heterocycles. The summed E-state index contributed by atoms with van der Waals surface area (Å²) in [4.78, 5) is 19.7. The summed E-state index contributed by atoms with van der Waals surface area (Å²) in [7, 11) is 0. The Morgan fingerprint density at radius 3 is 2.20 bits per heavy atom. The Hall–Kier alpha value is -2.43. The molecule has 0 fully saturated rings. The number of aromatic nitrogens is 2. The monoisotopic (exact) mass is 270 g/mol. The minimum atomic E-state index is -0.610. The van der Waals surface area contributed by atoms with Gasteiger partial charge in [-0.1, -0.05) is 38.1 Å². The van der Waals surface area contributed by atoms with E-state index in [0.29, 0.717) is 17.4 Å². The average molecular weight is 270 g/mol. The number of anilines is 1. The van der Waals surface area contributed by atoms with Crippen LogP contribution in [0.1, 0.15) is 41.4 Å². The van der Waals surface area contributed by atoms with Crippen LogP contribution in [0.3, 0.4) is 0 Å². The van der Waals surface area contributed by atoms with E-state index in [1.807, 2.05) is 24.3 Å². The van der Waals surface area contributed by atoms with Gasteiger partial charge in [0.05, 0.1) is 5.69 Å². The Kier molecular flexibility index (Phi) is 3.70. The SMILES string of the molecule is Cc1nc(-c2ccc(C(C)C)cc2)nc(N)c1C(N)=O. The van der Waals surface area contributed by atoms with E-state index in [2.05, 4.69) is 23.8 Å². The van der Waals surface area contributed by atoms with E-state index in [1.165, 1.54) is 5.56 Å². The molecule has 20 heavy (non-hydrogen) atoms. The lowest BCUT2D eigenvalue weighted by atomic mass is 10.0. The van der Waals surface area contributed by atoms with E-state index < -0.39 is 5.91 Å². The lowest BCUT2D eigenvalue weighted by Gasteiger charge is -2.09. The van der Waals surface area contributed by atoms with Crippen LogP contribution in [0, 0.1) is 6.92 Å². The molecule has 0 aliphatic carbocycles. The number of nitrogens with two attached hydrogens (primary N) is 2. The van der Waals surface area contributed by atoms with Gasteiger partial charge < -0.3 is 11.5 Å². The number of carbonyl (C=O) groups excluding carboxylic acids is 1. The maximum absolute atomic E-state index is 11.3. The van der Waals surface area contributed by atoms with Crippen LogP contribution in [0.4, 0.5) is 5.82 Å². The zero-order chi connectivity index (χ0) is 14.9. The highest BCUT2D eigenvalue weighted by molar-refractivity contribution is 5.98. The van der Waals surface area contributed by atoms with Gasteiger partial charge in [-0.3, -0.25) is 4.79 Å². The van der Waals surface area contributed by atoms with Gasteiger partial charge in [0.1, 0.15) is 11.4 Å². The Bertz CT molecular complexity index is 624. The topological polar surface area (TPSA) is 94.9 Å². The van der Waals surface area contributed by atoms with E-state index in [-0.39, 0.29) is 11.4 Å². The molecule has 1 aromatic heterocycles. The van der Waals surface area contributed by atoms with Gasteiger partial charge in [-0.2, -0.15) is 0 Å². The molecule has 0 saturated carbocycles. The van der Waals surface area contributed by atoms with Crippen LogP contribution in [0.5, 0.6) is 0 Å². The van der Waals surface area contributed by atoms with Crippen molar-refractivity contribution in [2.24, 2.45) is 5.73 Å². The first-order valence-electron chi connectivity index (χ1n) is 6.44. The smallest absolute Gasteiger partial charge is 0.254 e. The van der Waals surface area contributed by atoms with Gasteiger partial charge in [-0.15, -0.1) is 0 Å². The third-order valence-corrected chi connectivity index (χ3v) is 3.20. The molecule has 0 spiro atoms. The zero-order valence-corrected chi connectivity index (χ0v) is 11.8. The minimum absolute atomic E-state index is 0.118. The average Bonchev–Trinajstić information content (AvgIpc) is 2.37. The van der Waals surface area contributed by atoms with Crippen LogP contribution in [0.15, 0.2) is 24.3 Å². The van der Waals surface area contributed by atoms with Gasteiger partial charge in [0.25, 0.3) is 5.91 Å². The van der Waals surface area contributed by atoms with Crippen LogP contribution >= 0.6 is 0 Å². The minimum Gasteiger partial charge on any atom is -0.383 e. The molecule has 1 heterocycles. The second-order valence-electron chi connectivity index (χ2n) is 5.03. The highest BCUT2D eigenvalue weighted by Crippen LogP contribution is 2.22. The summed E-state index contributed by atoms with van der Waals surface area (Å²) in [6, 6.07) is 7.98. The normalized spacial score (nSPS) is 10.8. The fourth-order valence-corrected chi connectivity index (χ4v) is 2.05. The van der Waals surface area contributed by atoms with E-state index >= 15 is 0 Å². The molecule has 1 amide bonds. The summed E-state index contributed by atoms with van der Waals surface area (Å²) >= 11 is 0. The van der Waals surface area contributed by atoms with Crippen molar-refractivity contribution in [3.05, 3.63) is 41.1 Å². The van der Waals surface area contributed by atoms with Crippen molar-refractivity contribution in [2.45, 2.75) is 26.7 Å². The lowest BCUT2D eigenvalue weighted by molar-refractivity contribution is 0.1000. The molecule has 2 aromatic rings. The first-order chi connectivity index (χ1) is 9.40. The van der Waals surface area contributed by atoms with Crippen molar-refractivity contribution in [3.63, 3.8) is 0 Å². The number of hydrogen-bond donors (Lipinski definition) is 2. The number of benzene rings is 1. The zero-order valence-electron chi connectivity index (χ0n) is 11.8. The third kappa shape index (κ3) is 2.61. The van der Waals surface area contributed by atoms with Gasteiger partial charge in [0.15, 0.2) is 5.82 Å². The van der Waals surface area contributed by atoms with Gasteiger partial charge in [-0.25, -0.2) is 9.97 Å². The van der Waals surface area contributed by atoms with Crippen molar-refractivity contribution < 1.29 is 4.79 Å². The summed E-state index contributed by atoms with van der Waals surface area (Å²) in [5.41, 5.74) is 13.8. The van der Waals surface area contributed by atoms with E-state index in [0.717, 1.165) is 5.56 Å². The van der Waals surface area contributed by atoms with Crippen LogP contribution in [-0.4, -0.2) is 15.9 Å². The molecule has 104 valence electrons. The quantitative estimate of drug-likeness (QED) is 0.894. The van der Waals surface area contributed by atoms with Gasteiger partial charge >= 0.3 is 0 Å². The first-order valence-corrected chi connectivity index (χ1v) is 6.44. The Morgan fingerprint density at radius 1 is 1.15 bits per heavy atom. The maximum Gasteiger partial charge on any atom is 0.254 e. The molecule has 0 aliphatic rings. The number of hydrogen-bond acceptors (Lipinski definition) is 4. The van der Waals surface area contributed by atoms with E-state index in [9.17, 15) is 4.79 Å². The van der Waals surface area contributed by atoms with Crippen molar-refractivity contribution in [2.75, 3.05) is 5.73 Å². The second-order valence-corrected chi connectivity index (χ2v) is 5.03. The van der Waals surface area contributed by atoms with Gasteiger partial charge in [0.2, 0.25) is 0 Å². The third-order valence-electron chi connectivity index (χ3n) is 3.20. The molecule has 0 radical (unpaired) electrons. The summed E-state index contributed by atoms with van der Waals surface area (Å²) in [5, 5.41) is 0. The van der Waals surface area contributed by atoms with Crippen LogP contribution in [-0.2, 0) is 0 Å². The Labute approximate surface area is 118 Å². The van der Waals surface area contributed by atoms with Crippen LogP contribution in [0.2, 0.25) is 0 Å². The number of carbonyl (C=O) groups is 1. The predicted molar refractivity (Wildman–Crippen MR) is 79.2 cm³/mol. The molecule has 4 N–H and O–H groups in total. The summed E-state index contributed by atoms with van der Waals surface area (Å²) < 4.78 is 0. The molecule has 0 unspecified atom stereocenters.